The van der Waals surface area contributed by atoms with E-state index < -0.39 is 0 Å². The number of hydrogen-bond acceptors (Lipinski definition) is 5. The topological polar surface area (TPSA) is 67.0 Å². The number of thiocarbonyl (C=S) groups is 1. The molecule has 4 aromatic rings. The Morgan fingerprint density at radius 2 is 1.74 bits per heavy atom. The second-order valence-electron chi connectivity index (χ2n) is 11.0. The van der Waals surface area contributed by atoms with E-state index in [1.807, 2.05) is 29.1 Å². The van der Waals surface area contributed by atoms with E-state index in [9.17, 15) is 0 Å². The van der Waals surface area contributed by atoms with Crippen LogP contribution in [0.15, 0.2) is 61.3 Å². The van der Waals surface area contributed by atoms with Gasteiger partial charge >= 0.3 is 0 Å². The SMILES string of the molecule is Cc1cc([C@@H]2[C@H](c3ccccn3)NC(=S)N2c2ccc(N3C[C@H](C)C[C@H](C)C3)c(Cl)c2)c(C)n1-n1cnnc1. The lowest BCUT2D eigenvalue weighted by molar-refractivity contribution is 0.357. The minimum Gasteiger partial charge on any atom is -0.370 e. The van der Waals surface area contributed by atoms with Crippen molar-refractivity contribution in [3.8, 4) is 0 Å². The molecule has 1 N–H and O–H groups in total. The number of piperidine rings is 1. The van der Waals surface area contributed by atoms with Crippen molar-refractivity contribution in [2.24, 2.45) is 11.8 Å². The highest BCUT2D eigenvalue weighted by atomic mass is 35.5. The van der Waals surface area contributed by atoms with Crippen LogP contribution < -0.4 is 15.1 Å². The molecule has 0 amide bonds. The van der Waals surface area contributed by atoms with Crippen LogP contribution in [-0.4, -0.2) is 42.7 Å². The van der Waals surface area contributed by atoms with Gasteiger partial charge < -0.3 is 15.1 Å². The summed E-state index contributed by atoms with van der Waals surface area (Å²) in [5.74, 6) is 1.29. The van der Waals surface area contributed by atoms with E-state index in [0.717, 1.165) is 52.1 Å². The van der Waals surface area contributed by atoms with Crippen LogP contribution in [-0.2, 0) is 0 Å². The van der Waals surface area contributed by atoms with E-state index >= 15 is 0 Å². The van der Waals surface area contributed by atoms with Crippen LogP contribution >= 0.6 is 23.8 Å². The molecule has 0 aliphatic carbocycles. The number of anilines is 2. The van der Waals surface area contributed by atoms with Crippen molar-refractivity contribution in [3.63, 3.8) is 0 Å². The van der Waals surface area contributed by atoms with Gasteiger partial charge in [-0.3, -0.25) is 9.66 Å². The van der Waals surface area contributed by atoms with Crippen molar-refractivity contribution in [1.29, 1.82) is 0 Å². The van der Waals surface area contributed by atoms with Gasteiger partial charge in [0.1, 0.15) is 12.7 Å². The summed E-state index contributed by atoms with van der Waals surface area (Å²) in [7, 11) is 0. The summed E-state index contributed by atoms with van der Waals surface area (Å²) >= 11 is 13.0. The number of nitrogens with zero attached hydrogens (tertiary/aromatic N) is 7. The molecule has 39 heavy (non-hydrogen) atoms. The fourth-order valence-electron chi connectivity index (χ4n) is 6.44. The van der Waals surface area contributed by atoms with Crippen LogP contribution in [0.3, 0.4) is 0 Å². The first-order chi connectivity index (χ1) is 18.8. The summed E-state index contributed by atoms with van der Waals surface area (Å²) in [6, 6.07) is 14.3. The molecule has 1 aromatic carbocycles. The van der Waals surface area contributed by atoms with Crippen molar-refractivity contribution in [2.75, 3.05) is 22.9 Å². The lowest BCUT2D eigenvalue weighted by Gasteiger charge is -2.37. The monoisotopic (exact) mass is 560 g/mol. The molecule has 0 spiro atoms. The zero-order valence-corrected chi connectivity index (χ0v) is 24.2. The van der Waals surface area contributed by atoms with Gasteiger partial charge in [0.15, 0.2) is 5.11 Å². The Labute approximate surface area is 239 Å². The Morgan fingerprint density at radius 3 is 2.41 bits per heavy atom. The largest absolute Gasteiger partial charge is 0.370 e. The summed E-state index contributed by atoms with van der Waals surface area (Å²) < 4.78 is 4.00. The Bertz CT molecular complexity index is 1470. The number of aromatic nitrogens is 5. The molecule has 10 heteroatoms. The van der Waals surface area contributed by atoms with E-state index in [2.05, 4.69) is 82.0 Å². The highest BCUT2D eigenvalue weighted by Gasteiger charge is 2.42. The smallest absolute Gasteiger partial charge is 0.174 e. The van der Waals surface area contributed by atoms with Gasteiger partial charge in [-0.25, -0.2) is 4.68 Å². The molecule has 4 atom stereocenters. The molecular weight excluding hydrogens is 528 g/mol. The lowest BCUT2D eigenvalue weighted by atomic mass is 9.91. The van der Waals surface area contributed by atoms with Gasteiger partial charge in [0.2, 0.25) is 0 Å². The number of hydrogen-bond donors (Lipinski definition) is 1. The van der Waals surface area contributed by atoms with Crippen LogP contribution in [0.1, 0.15) is 55.0 Å². The Balaban J connectivity index is 1.43. The molecule has 202 valence electrons. The highest BCUT2D eigenvalue weighted by molar-refractivity contribution is 7.80. The van der Waals surface area contributed by atoms with Crippen LogP contribution in [0.25, 0.3) is 0 Å². The van der Waals surface area contributed by atoms with Crippen molar-refractivity contribution in [1.82, 2.24) is 29.9 Å². The van der Waals surface area contributed by atoms with Gasteiger partial charge in [-0.2, -0.15) is 0 Å². The first-order valence-electron chi connectivity index (χ1n) is 13.4. The Kier molecular flexibility index (Phi) is 6.81. The third-order valence-corrected chi connectivity index (χ3v) is 8.52. The number of halogens is 1. The Morgan fingerprint density at radius 1 is 1.00 bits per heavy atom. The number of benzene rings is 1. The fraction of sp³-hybridized carbons (Fsp3) is 0.379. The minimum absolute atomic E-state index is 0.138. The zero-order valence-electron chi connectivity index (χ0n) is 22.6. The van der Waals surface area contributed by atoms with E-state index in [-0.39, 0.29) is 12.1 Å². The summed E-state index contributed by atoms with van der Waals surface area (Å²) in [6.45, 7) is 10.9. The van der Waals surface area contributed by atoms with Gasteiger partial charge in [-0.05, 0) is 80.7 Å². The molecule has 3 aromatic heterocycles. The predicted octanol–water partition coefficient (Wildman–Crippen LogP) is 5.72. The zero-order chi connectivity index (χ0) is 27.3. The van der Waals surface area contributed by atoms with Crippen molar-refractivity contribution >= 4 is 40.3 Å². The van der Waals surface area contributed by atoms with Crippen molar-refractivity contribution in [3.05, 3.63) is 89.0 Å². The van der Waals surface area contributed by atoms with Crippen LogP contribution in [0, 0.1) is 25.7 Å². The molecular formula is C29H33ClN8S. The summed E-state index contributed by atoms with van der Waals surface area (Å²) in [5.41, 5.74) is 6.26. The number of aryl methyl sites for hydroxylation is 1. The van der Waals surface area contributed by atoms with E-state index in [0.29, 0.717) is 16.9 Å². The molecule has 6 rings (SSSR count). The normalized spacial score (nSPS) is 23.4. The van der Waals surface area contributed by atoms with E-state index in [1.165, 1.54) is 6.42 Å². The van der Waals surface area contributed by atoms with Gasteiger partial charge in [-0.15, -0.1) is 10.2 Å². The molecule has 8 nitrogen and oxygen atoms in total. The van der Waals surface area contributed by atoms with Gasteiger partial charge in [0, 0.05) is 41.9 Å². The summed E-state index contributed by atoms with van der Waals surface area (Å²) in [5, 5.41) is 13.0. The third-order valence-electron chi connectivity index (χ3n) is 7.91. The maximum atomic E-state index is 6.99. The molecule has 0 bridgehead atoms. The van der Waals surface area contributed by atoms with Crippen molar-refractivity contribution < 1.29 is 0 Å². The van der Waals surface area contributed by atoms with Crippen molar-refractivity contribution in [2.45, 2.75) is 46.2 Å². The average molecular weight is 561 g/mol. The first kappa shape index (κ1) is 25.8. The molecule has 0 unspecified atom stereocenters. The quantitative estimate of drug-likeness (QED) is 0.313. The number of rotatable bonds is 5. The number of pyridine rings is 1. The Hall–Kier alpha value is -3.43. The van der Waals surface area contributed by atoms with E-state index in [4.69, 9.17) is 28.8 Å². The van der Waals surface area contributed by atoms with Gasteiger partial charge in [0.05, 0.1) is 28.5 Å². The van der Waals surface area contributed by atoms with Gasteiger partial charge in [-0.1, -0.05) is 31.5 Å². The highest BCUT2D eigenvalue weighted by Crippen LogP contribution is 2.45. The minimum atomic E-state index is -0.143. The van der Waals surface area contributed by atoms with Crippen LogP contribution in [0.2, 0.25) is 5.02 Å². The maximum Gasteiger partial charge on any atom is 0.174 e. The second-order valence-corrected chi connectivity index (χ2v) is 11.8. The standard InChI is InChI=1S/C29H33ClN8S/c1-18-11-19(2)15-35(14-18)26-9-8-22(13-24(26)30)37-28(27(34-29(37)39)25-7-5-6-10-31-25)23-12-20(3)38(21(23)4)36-16-32-33-17-36/h5-10,12-13,16-19,27-28H,11,14-15H2,1-4H3,(H,34,39)/t18-,19+,27-,28+/m0/s1. The van der Waals surface area contributed by atoms with Crippen LogP contribution in [0.4, 0.5) is 11.4 Å². The molecule has 0 radical (unpaired) electrons. The molecule has 2 fully saturated rings. The maximum absolute atomic E-state index is 6.99. The predicted molar refractivity (Wildman–Crippen MR) is 159 cm³/mol. The molecule has 2 aliphatic heterocycles. The molecule has 5 heterocycles. The molecule has 0 saturated carbocycles. The number of nitrogens with one attached hydrogen (secondary N) is 1. The average Bonchev–Trinajstić information content (AvgIpc) is 3.61. The van der Waals surface area contributed by atoms with Crippen LogP contribution in [0.5, 0.6) is 0 Å². The second kappa shape index (κ2) is 10.3. The summed E-state index contributed by atoms with van der Waals surface area (Å²) in [6.07, 6.45) is 6.49. The summed E-state index contributed by atoms with van der Waals surface area (Å²) in [4.78, 5) is 9.31. The molecule has 2 saturated heterocycles. The molecule has 2 aliphatic rings. The third kappa shape index (κ3) is 4.67. The fourth-order valence-corrected chi connectivity index (χ4v) is 7.08. The lowest BCUT2D eigenvalue weighted by Crippen LogP contribution is -2.38. The van der Waals surface area contributed by atoms with Gasteiger partial charge in [0.25, 0.3) is 0 Å². The van der Waals surface area contributed by atoms with E-state index in [1.54, 1.807) is 12.7 Å². The first-order valence-corrected chi connectivity index (χ1v) is 14.2.